The highest BCUT2D eigenvalue weighted by Gasteiger charge is 2.27. The van der Waals surface area contributed by atoms with Crippen LogP contribution in [0.3, 0.4) is 0 Å². The van der Waals surface area contributed by atoms with E-state index in [1.165, 1.54) is 19.1 Å². The maximum atomic E-state index is 13.1. The van der Waals surface area contributed by atoms with Crippen LogP contribution in [0.15, 0.2) is 36.4 Å². The van der Waals surface area contributed by atoms with Crippen molar-refractivity contribution in [2.45, 2.75) is 32.3 Å². The van der Waals surface area contributed by atoms with E-state index >= 15 is 0 Å². The summed E-state index contributed by atoms with van der Waals surface area (Å²) in [5, 5.41) is 4.10. The highest BCUT2D eigenvalue weighted by atomic mass is 35.5. The van der Waals surface area contributed by atoms with Gasteiger partial charge in [-0.05, 0) is 49.9 Å². The topological polar surface area (TPSA) is 68.3 Å². The van der Waals surface area contributed by atoms with Crippen LogP contribution in [-0.4, -0.2) is 23.0 Å². The molecule has 0 radical (unpaired) electrons. The number of para-hydroxylation sites is 1. The Hall–Kier alpha value is -2.34. The lowest BCUT2D eigenvalue weighted by molar-refractivity contribution is -0.123. The van der Waals surface area contributed by atoms with E-state index in [1.807, 2.05) is 24.3 Å². The van der Waals surface area contributed by atoms with Crippen molar-refractivity contribution in [2.75, 3.05) is 5.32 Å². The van der Waals surface area contributed by atoms with Crippen molar-refractivity contribution in [1.29, 1.82) is 0 Å². The summed E-state index contributed by atoms with van der Waals surface area (Å²) in [5.74, 6) is -1.08. The molecule has 154 valence electrons. The van der Waals surface area contributed by atoms with Crippen molar-refractivity contribution in [1.82, 2.24) is 4.98 Å². The number of pyridine rings is 1. The smallest absolute Gasteiger partial charge is 0.339 e. The molecule has 30 heavy (non-hydrogen) atoms. The molecule has 0 saturated carbocycles. The number of nitrogens with zero attached hydrogens (tertiary/aromatic N) is 1. The Morgan fingerprint density at radius 2 is 1.80 bits per heavy atom. The number of benzene rings is 2. The van der Waals surface area contributed by atoms with Crippen LogP contribution in [0, 0.1) is 0 Å². The Bertz CT molecular complexity index is 1180. The summed E-state index contributed by atoms with van der Waals surface area (Å²) in [4.78, 5) is 30.3. The van der Waals surface area contributed by atoms with Gasteiger partial charge in [0.05, 0.1) is 31.8 Å². The quantitative estimate of drug-likeness (QED) is 0.388. The molecule has 1 aromatic heterocycles. The Kier molecular flexibility index (Phi) is 5.87. The zero-order chi connectivity index (χ0) is 21.4. The first-order chi connectivity index (χ1) is 14.3. The van der Waals surface area contributed by atoms with Crippen LogP contribution < -0.4 is 5.32 Å². The van der Waals surface area contributed by atoms with Crippen LogP contribution >= 0.6 is 34.8 Å². The highest BCUT2D eigenvalue weighted by Crippen LogP contribution is 2.33. The van der Waals surface area contributed by atoms with Crippen molar-refractivity contribution in [3.8, 4) is 0 Å². The predicted molar refractivity (Wildman–Crippen MR) is 119 cm³/mol. The molecule has 1 heterocycles. The van der Waals surface area contributed by atoms with E-state index in [1.54, 1.807) is 0 Å². The molecule has 0 saturated heterocycles. The largest absolute Gasteiger partial charge is 0.449 e. The fraction of sp³-hybridized carbons (Fsp3) is 0.227. The summed E-state index contributed by atoms with van der Waals surface area (Å²) in [5.41, 5.74) is 3.33. The average Bonchev–Trinajstić information content (AvgIpc) is 3.17. The Morgan fingerprint density at radius 3 is 2.60 bits per heavy atom. The molecule has 0 unspecified atom stereocenters. The fourth-order valence-corrected chi connectivity index (χ4v) is 4.16. The van der Waals surface area contributed by atoms with Gasteiger partial charge in [-0.3, -0.25) is 9.78 Å². The van der Waals surface area contributed by atoms with Crippen molar-refractivity contribution in [3.63, 3.8) is 0 Å². The SMILES string of the molecule is C[C@@H](OC(=O)c1c2c(nc3ccccc13)CCC2)C(=O)Nc1cc(Cl)c(Cl)cc1Cl. The van der Waals surface area contributed by atoms with Gasteiger partial charge in [0.15, 0.2) is 6.10 Å². The monoisotopic (exact) mass is 462 g/mol. The molecule has 1 amide bonds. The van der Waals surface area contributed by atoms with Crippen LogP contribution in [0.5, 0.6) is 0 Å². The summed E-state index contributed by atoms with van der Waals surface area (Å²) in [7, 11) is 0. The van der Waals surface area contributed by atoms with Crippen LogP contribution in [0.4, 0.5) is 5.69 Å². The number of nitrogens with one attached hydrogen (secondary N) is 1. The van der Waals surface area contributed by atoms with Gasteiger partial charge >= 0.3 is 5.97 Å². The molecule has 1 atom stereocenters. The molecule has 4 rings (SSSR count). The number of ether oxygens (including phenoxy) is 1. The van der Waals surface area contributed by atoms with E-state index in [0.717, 1.165) is 41.4 Å². The van der Waals surface area contributed by atoms with Gasteiger partial charge in [-0.1, -0.05) is 53.0 Å². The highest BCUT2D eigenvalue weighted by molar-refractivity contribution is 6.44. The van der Waals surface area contributed by atoms with Gasteiger partial charge in [0.1, 0.15) is 0 Å². The Morgan fingerprint density at radius 1 is 1.07 bits per heavy atom. The summed E-state index contributed by atoms with van der Waals surface area (Å²) >= 11 is 18.0. The second-order valence-electron chi connectivity index (χ2n) is 7.07. The minimum atomic E-state index is -1.05. The molecule has 1 aliphatic rings. The molecule has 0 bridgehead atoms. The van der Waals surface area contributed by atoms with E-state index < -0.39 is 18.0 Å². The minimum absolute atomic E-state index is 0.231. The van der Waals surface area contributed by atoms with E-state index in [-0.39, 0.29) is 20.8 Å². The van der Waals surface area contributed by atoms with Crippen molar-refractivity contribution in [3.05, 3.63) is 68.3 Å². The van der Waals surface area contributed by atoms with Crippen LogP contribution in [0.1, 0.15) is 35.0 Å². The van der Waals surface area contributed by atoms with Crippen LogP contribution in [0.25, 0.3) is 10.9 Å². The minimum Gasteiger partial charge on any atom is -0.449 e. The lowest BCUT2D eigenvalue weighted by Crippen LogP contribution is -2.30. The van der Waals surface area contributed by atoms with E-state index in [4.69, 9.17) is 39.5 Å². The molecule has 0 fully saturated rings. The van der Waals surface area contributed by atoms with Gasteiger partial charge in [-0.25, -0.2) is 4.79 Å². The molecular weight excluding hydrogens is 447 g/mol. The zero-order valence-electron chi connectivity index (χ0n) is 16.0. The number of esters is 1. The van der Waals surface area contributed by atoms with Gasteiger partial charge in [0.25, 0.3) is 5.91 Å². The second kappa shape index (κ2) is 8.42. The van der Waals surface area contributed by atoms with Crippen LogP contribution in [0.2, 0.25) is 15.1 Å². The maximum absolute atomic E-state index is 13.1. The van der Waals surface area contributed by atoms with Gasteiger partial charge in [-0.15, -0.1) is 0 Å². The van der Waals surface area contributed by atoms with Gasteiger partial charge in [0, 0.05) is 11.1 Å². The third kappa shape index (κ3) is 3.97. The van der Waals surface area contributed by atoms with Gasteiger partial charge < -0.3 is 10.1 Å². The number of rotatable bonds is 4. The molecule has 0 spiro atoms. The number of aromatic nitrogens is 1. The first-order valence-electron chi connectivity index (χ1n) is 9.42. The van der Waals surface area contributed by atoms with E-state index in [2.05, 4.69) is 10.3 Å². The van der Waals surface area contributed by atoms with Crippen LogP contribution in [-0.2, 0) is 22.4 Å². The fourth-order valence-electron chi connectivity index (χ4n) is 3.57. The number of anilines is 1. The molecule has 1 aliphatic carbocycles. The van der Waals surface area contributed by atoms with Crippen molar-refractivity contribution >= 4 is 63.3 Å². The zero-order valence-corrected chi connectivity index (χ0v) is 18.2. The average molecular weight is 464 g/mol. The number of hydrogen-bond acceptors (Lipinski definition) is 4. The number of carbonyl (C=O) groups excluding carboxylic acids is 2. The lowest BCUT2D eigenvalue weighted by atomic mass is 10.0. The third-order valence-electron chi connectivity index (χ3n) is 5.04. The first kappa shape index (κ1) is 20.9. The third-order valence-corrected chi connectivity index (χ3v) is 6.08. The van der Waals surface area contributed by atoms with E-state index in [9.17, 15) is 9.59 Å². The normalized spacial score (nSPS) is 13.7. The number of hydrogen-bond donors (Lipinski definition) is 1. The number of fused-ring (bicyclic) bond motifs is 2. The van der Waals surface area contributed by atoms with Crippen molar-refractivity contribution in [2.24, 2.45) is 0 Å². The number of aryl methyl sites for hydroxylation is 1. The van der Waals surface area contributed by atoms with E-state index in [0.29, 0.717) is 5.56 Å². The summed E-state index contributed by atoms with van der Waals surface area (Å²) in [6, 6.07) is 10.3. The Labute approximate surface area is 188 Å². The molecule has 5 nitrogen and oxygen atoms in total. The molecule has 1 N–H and O–H groups in total. The Balaban J connectivity index is 1.57. The number of halogens is 3. The molecular formula is C22H17Cl3N2O3. The number of carbonyl (C=O) groups is 2. The predicted octanol–water partition coefficient (Wildman–Crippen LogP) is 5.87. The lowest BCUT2D eigenvalue weighted by Gasteiger charge is -2.17. The van der Waals surface area contributed by atoms with Gasteiger partial charge in [-0.2, -0.15) is 0 Å². The first-order valence-corrected chi connectivity index (χ1v) is 10.6. The molecule has 0 aliphatic heterocycles. The molecule has 2 aromatic carbocycles. The van der Waals surface area contributed by atoms with Crippen molar-refractivity contribution < 1.29 is 14.3 Å². The summed E-state index contributed by atoms with van der Waals surface area (Å²) < 4.78 is 5.52. The molecule has 8 heteroatoms. The second-order valence-corrected chi connectivity index (χ2v) is 8.29. The maximum Gasteiger partial charge on any atom is 0.339 e. The number of amides is 1. The molecule has 3 aromatic rings. The summed E-state index contributed by atoms with van der Waals surface area (Å²) in [6.45, 7) is 1.50. The standard InChI is InChI=1S/C22H17Cl3N2O3/c1-11(21(28)27-19-10-15(24)14(23)9-16(19)25)30-22(29)20-12-5-2-3-7-17(12)26-18-8-4-6-13(18)20/h2-3,5,7,9-11H,4,6,8H2,1H3,(H,27,28)/t11-/m1/s1. The summed E-state index contributed by atoms with van der Waals surface area (Å²) in [6.07, 6.45) is 1.47. The van der Waals surface area contributed by atoms with Gasteiger partial charge in [0.2, 0.25) is 0 Å².